The summed E-state index contributed by atoms with van der Waals surface area (Å²) in [7, 11) is 0. The molecule has 0 unspecified atom stereocenters. The fraction of sp³-hybridized carbons (Fsp3) is 0.261. The van der Waals surface area contributed by atoms with E-state index in [0.717, 1.165) is 28.8 Å². The molecule has 1 aromatic heterocycles. The van der Waals surface area contributed by atoms with Crippen LogP contribution in [-0.4, -0.2) is 34.2 Å². The van der Waals surface area contributed by atoms with Gasteiger partial charge in [0.2, 0.25) is 0 Å². The Morgan fingerprint density at radius 1 is 1.00 bits per heavy atom. The van der Waals surface area contributed by atoms with Crippen LogP contribution >= 0.6 is 0 Å². The maximum atomic E-state index is 12.2. The van der Waals surface area contributed by atoms with Gasteiger partial charge in [-0.3, -0.25) is 14.3 Å². The number of carbonyl (C=O) groups excluding carboxylic acids is 2. The standard InChI is InChI=1S/C23H27N5O2/c1-2-20(24)14-26-23(30)22(29)25-13-19-16-28(15-17-9-5-3-6-10-17)27-21(19)18-11-7-4-8-12-18/h3-12,16,20H,2,13-15,24H2,1H3,(H,25,29)(H,26,30)/t20-/m1/s1. The van der Waals surface area contributed by atoms with Crippen molar-refractivity contribution in [3.8, 4) is 11.3 Å². The highest BCUT2D eigenvalue weighted by molar-refractivity contribution is 6.35. The van der Waals surface area contributed by atoms with Crippen LogP contribution in [0.5, 0.6) is 0 Å². The predicted molar refractivity (Wildman–Crippen MR) is 116 cm³/mol. The van der Waals surface area contributed by atoms with Gasteiger partial charge in [0.15, 0.2) is 0 Å². The molecule has 4 N–H and O–H groups in total. The number of benzene rings is 2. The summed E-state index contributed by atoms with van der Waals surface area (Å²) >= 11 is 0. The van der Waals surface area contributed by atoms with Crippen LogP contribution in [0.2, 0.25) is 0 Å². The van der Waals surface area contributed by atoms with Crippen molar-refractivity contribution in [1.82, 2.24) is 20.4 Å². The largest absolute Gasteiger partial charge is 0.346 e. The summed E-state index contributed by atoms with van der Waals surface area (Å²) in [6.07, 6.45) is 2.63. The van der Waals surface area contributed by atoms with Crippen LogP contribution in [0.4, 0.5) is 0 Å². The Bertz CT molecular complexity index is 970. The van der Waals surface area contributed by atoms with Crippen molar-refractivity contribution in [2.24, 2.45) is 5.73 Å². The molecule has 2 amide bonds. The van der Waals surface area contributed by atoms with E-state index in [2.05, 4.69) is 10.6 Å². The topological polar surface area (TPSA) is 102 Å². The Hall–Kier alpha value is -3.45. The third-order valence-corrected chi connectivity index (χ3v) is 4.77. The Labute approximate surface area is 176 Å². The highest BCUT2D eigenvalue weighted by Gasteiger charge is 2.17. The molecule has 0 bridgehead atoms. The molecule has 0 radical (unpaired) electrons. The first-order chi connectivity index (χ1) is 14.6. The van der Waals surface area contributed by atoms with Crippen molar-refractivity contribution in [2.45, 2.75) is 32.5 Å². The molecule has 3 rings (SSSR count). The van der Waals surface area contributed by atoms with E-state index in [-0.39, 0.29) is 19.1 Å². The zero-order valence-electron chi connectivity index (χ0n) is 17.0. The van der Waals surface area contributed by atoms with E-state index >= 15 is 0 Å². The Morgan fingerprint density at radius 2 is 1.63 bits per heavy atom. The number of hydrogen-bond acceptors (Lipinski definition) is 4. The highest BCUT2D eigenvalue weighted by atomic mass is 16.2. The first-order valence-electron chi connectivity index (χ1n) is 10.0. The second kappa shape index (κ2) is 10.4. The van der Waals surface area contributed by atoms with Gasteiger partial charge in [-0.25, -0.2) is 0 Å². The monoisotopic (exact) mass is 405 g/mol. The molecule has 0 aliphatic rings. The molecular formula is C23H27N5O2. The van der Waals surface area contributed by atoms with Crippen molar-refractivity contribution in [3.05, 3.63) is 78.0 Å². The number of rotatable bonds is 8. The van der Waals surface area contributed by atoms with Crippen LogP contribution < -0.4 is 16.4 Å². The molecule has 2 aromatic carbocycles. The summed E-state index contributed by atoms with van der Waals surface area (Å²) in [5.74, 6) is -1.37. The van der Waals surface area contributed by atoms with Gasteiger partial charge < -0.3 is 16.4 Å². The number of hydrogen-bond donors (Lipinski definition) is 3. The molecule has 1 heterocycles. The smallest absolute Gasteiger partial charge is 0.309 e. The van der Waals surface area contributed by atoms with E-state index in [4.69, 9.17) is 10.8 Å². The summed E-state index contributed by atoms with van der Waals surface area (Å²) in [4.78, 5) is 24.2. The fourth-order valence-electron chi connectivity index (χ4n) is 2.99. The minimum Gasteiger partial charge on any atom is -0.346 e. The van der Waals surface area contributed by atoms with E-state index < -0.39 is 11.8 Å². The minimum atomic E-state index is -0.687. The molecule has 30 heavy (non-hydrogen) atoms. The maximum absolute atomic E-state index is 12.2. The summed E-state index contributed by atoms with van der Waals surface area (Å²) in [5, 5.41) is 9.96. The number of nitrogens with zero attached hydrogens (tertiary/aromatic N) is 2. The molecule has 3 aromatic rings. The van der Waals surface area contributed by atoms with Gasteiger partial charge in [-0.15, -0.1) is 0 Å². The lowest BCUT2D eigenvalue weighted by atomic mass is 10.1. The van der Waals surface area contributed by atoms with Crippen LogP contribution in [0.15, 0.2) is 66.9 Å². The summed E-state index contributed by atoms with van der Waals surface area (Å²) in [6, 6.07) is 19.6. The lowest BCUT2D eigenvalue weighted by Gasteiger charge is -2.10. The van der Waals surface area contributed by atoms with Gasteiger partial charge in [0.25, 0.3) is 0 Å². The zero-order chi connectivity index (χ0) is 21.3. The van der Waals surface area contributed by atoms with E-state index in [9.17, 15) is 9.59 Å². The van der Waals surface area contributed by atoms with E-state index in [1.54, 1.807) is 0 Å². The predicted octanol–water partition coefficient (Wildman–Crippen LogP) is 2.07. The fourth-order valence-corrected chi connectivity index (χ4v) is 2.99. The summed E-state index contributed by atoms with van der Waals surface area (Å²) in [6.45, 7) is 3.01. The van der Waals surface area contributed by atoms with Gasteiger partial charge in [-0.1, -0.05) is 67.6 Å². The van der Waals surface area contributed by atoms with Gasteiger partial charge in [0.1, 0.15) is 0 Å². The van der Waals surface area contributed by atoms with E-state index in [1.807, 2.05) is 78.5 Å². The molecule has 0 fully saturated rings. The van der Waals surface area contributed by atoms with Gasteiger partial charge >= 0.3 is 11.8 Å². The average molecular weight is 406 g/mol. The van der Waals surface area contributed by atoms with Crippen molar-refractivity contribution >= 4 is 11.8 Å². The van der Waals surface area contributed by atoms with E-state index in [1.165, 1.54) is 0 Å². The Kier molecular flexibility index (Phi) is 7.34. The molecule has 0 saturated carbocycles. The van der Waals surface area contributed by atoms with Crippen LogP contribution in [0.3, 0.4) is 0 Å². The zero-order valence-corrected chi connectivity index (χ0v) is 17.0. The van der Waals surface area contributed by atoms with Gasteiger partial charge in [-0.05, 0) is 12.0 Å². The first kappa shape index (κ1) is 21.3. The number of nitrogens with one attached hydrogen (secondary N) is 2. The number of carbonyl (C=O) groups is 2. The van der Waals surface area contributed by atoms with Crippen LogP contribution in [0, 0.1) is 0 Å². The number of amides is 2. The first-order valence-corrected chi connectivity index (χ1v) is 10.0. The van der Waals surface area contributed by atoms with Crippen molar-refractivity contribution in [2.75, 3.05) is 6.54 Å². The molecule has 0 aliphatic heterocycles. The molecule has 0 saturated heterocycles. The van der Waals surface area contributed by atoms with E-state index in [0.29, 0.717) is 6.54 Å². The summed E-state index contributed by atoms with van der Waals surface area (Å²) in [5.41, 5.74) is 9.47. The summed E-state index contributed by atoms with van der Waals surface area (Å²) < 4.78 is 1.85. The highest BCUT2D eigenvalue weighted by Crippen LogP contribution is 2.22. The molecule has 7 nitrogen and oxygen atoms in total. The molecule has 7 heteroatoms. The maximum Gasteiger partial charge on any atom is 0.309 e. The normalized spacial score (nSPS) is 11.7. The second-order valence-electron chi connectivity index (χ2n) is 7.11. The third-order valence-electron chi connectivity index (χ3n) is 4.77. The van der Waals surface area contributed by atoms with Gasteiger partial charge in [0, 0.05) is 36.5 Å². The van der Waals surface area contributed by atoms with Gasteiger partial charge in [-0.2, -0.15) is 5.10 Å². The number of aromatic nitrogens is 2. The van der Waals surface area contributed by atoms with Crippen LogP contribution in [0.25, 0.3) is 11.3 Å². The third kappa shape index (κ3) is 5.78. The quantitative estimate of drug-likeness (QED) is 0.499. The van der Waals surface area contributed by atoms with Crippen molar-refractivity contribution in [1.29, 1.82) is 0 Å². The SMILES string of the molecule is CC[C@@H](N)CNC(=O)C(=O)NCc1cn(Cc2ccccc2)nc1-c1ccccc1. The number of nitrogens with two attached hydrogens (primary N) is 1. The average Bonchev–Trinajstić information content (AvgIpc) is 3.19. The van der Waals surface area contributed by atoms with Gasteiger partial charge in [0.05, 0.1) is 12.2 Å². The minimum absolute atomic E-state index is 0.164. The van der Waals surface area contributed by atoms with Crippen LogP contribution in [-0.2, 0) is 22.7 Å². The molecule has 0 aliphatic carbocycles. The molecule has 0 spiro atoms. The second-order valence-corrected chi connectivity index (χ2v) is 7.11. The molecule has 1 atom stereocenters. The Balaban J connectivity index is 1.72. The lowest BCUT2D eigenvalue weighted by Crippen LogP contribution is -2.44. The van der Waals surface area contributed by atoms with Crippen molar-refractivity contribution in [3.63, 3.8) is 0 Å². The Morgan fingerprint density at radius 3 is 2.30 bits per heavy atom. The molecular weight excluding hydrogens is 378 g/mol. The van der Waals surface area contributed by atoms with Crippen LogP contribution in [0.1, 0.15) is 24.5 Å². The molecule has 156 valence electrons. The lowest BCUT2D eigenvalue weighted by molar-refractivity contribution is -0.139. The van der Waals surface area contributed by atoms with Crippen molar-refractivity contribution < 1.29 is 9.59 Å².